The van der Waals surface area contributed by atoms with Gasteiger partial charge in [-0.2, -0.15) is 13.2 Å². The molecule has 13 heteroatoms. The number of hydrogen-bond donors (Lipinski definition) is 1. The number of alkyl halides is 3. The van der Waals surface area contributed by atoms with Crippen LogP contribution in [0, 0.1) is 11.3 Å². The monoisotopic (exact) mass is 724 g/mol. The van der Waals surface area contributed by atoms with Crippen molar-refractivity contribution in [1.29, 1.82) is 0 Å². The van der Waals surface area contributed by atoms with Crippen molar-refractivity contribution >= 4 is 17.8 Å². The highest BCUT2D eigenvalue weighted by atomic mass is 19.4. The van der Waals surface area contributed by atoms with Crippen LogP contribution < -0.4 is 14.8 Å². The molecular formula is C39H43F3N2O8. The Bertz CT molecular complexity index is 1770. The third-order valence-electron chi connectivity index (χ3n) is 9.54. The van der Waals surface area contributed by atoms with E-state index in [0.29, 0.717) is 30.2 Å². The molecule has 3 aromatic carbocycles. The SMILES string of the molecule is COC(=O)[C@]12C[C@H](CC(=O)NCc3cccc(C(F)(F)F)c3)C(=O)N(CCc3ccc(OC)c(OC)c3)C1=C[C@H](COCc1ccccc1)O[C@@H]2C. The van der Waals surface area contributed by atoms with Gasteiger partial charge >= 0.3 is 12.1 Å². The second kappa shape index (κ2) is 16.6. The lowest BCUT2D eigenvalue weighted by molar-refractivity contribution is -0.178. The van der Waals surface area contributed by atoms with Gasteiger partial charge in [0.1, 0.15) is 11.5 Å². The van der Waals surface area contributed by atoms with E-state index in [9.17, 15) is 27.6 Å². The second-order valence-electron chi connectivity index (χ2n) is 12.8. The number of esters is 1. The number of likely N-dealkylation sites (tertiary alicyclic amines) is 1. The molecule has 4 atom stereocenters. The smallest absolute Gasteiger partial charge is 0.416 e. The summed E-state index contributed by atoms with van der Waals surface area (Å²) in [5, 5.41) is 2.64. The number of ether oxygens (including phenoxy) is 5. The number of rotatable bonds is 14. The van der Waals surface area contributed by atoms with E-state index < -0.39 is 47.2 Å². The quantitative estimate of drug-likeness (QED) is 0.206. The van der Waals surface area contributed by atoms with Gasteiger partial charge in [-0.25, -0.2) is 0 Å². The number of halogens is 3. The first-order valence-corrected chi connectivity index (χ1v) is 16.9. The molecule has 10 nitrogen and oxygen atoms in total. The number of carbonyl (C=O) groups excluding carboxylic acids is 3. The molecule has 0 bridgehead atoms. The molecule has 278 valence electrons. The van der Waals surface area contributed by atoms with Gasteiger partial charge < -0.3 is 33.9 Å². The summed E-state index contributed by atoms with van der Waals surface area (Å²) in [6, 6.07) is 19.7. The molecule has 1 N–H and O–H groups in total. The van der Waals surface area contributed by atoms with Crippen molar-refractivity contribution in [3.63, 3.8) is 0 Å². The highest BCUT2D eigenvalue weighted by Crippen LogP contribution is 2.50. The Morgan fingerprint density at radius 1 is 0.942 bits per heavy atom. The van der Waals surface area contributed by atoms with Crippen molar-refractivity contribution in [2.45, 2.75) is 57.7 Å². The van der Waals surface area contributed by atoms with Crippen LogP contribution in [0.15, 0.2) is 84.6 Å². The Morgan fingerprint density at radius 3 is 2.37 bits per heavy atom. The van der Waals surface area contributed by atoms with Gasteiger partial charge in [0.05, 0.1) is 46.2 Å². The van der Waals surface area contributed by atoms with Gasteiger partial charge in [0.2, 0.25) is 11.8 Å². The van der Waals surface area contributed by atoms with Gasteiger partial charge in [0.25, 0.3) is 0 Å². The molecule has 2 aliphatic rings. The van der Waals surface area contributed by atoms with E-state index in [1.165, 1.54) is 38.4 Å². The van der Waals surface area contributed by atoms with Crippen molar-refractivity contribution in [1.82, 2.24) is 10.2 Å². The molecule has 1 fully saturated rings. The number of carbonyl (C=O) groups is 3. The maximum Gasteiger partial charge on any atom is 0.416 e. The average molecular weight is 725 g/mol. The van der Waals surface area contributed by atoms with Crippen molar-refractivity contribution in [3.05, 3.63) is 107 Å². The molecule has 0 unspecified atom stereocenters. The molecule has 0 saturated carbocycles. The predicted molar refractivity (Wildman–Crippen MR) is 184 cm³/mol. The standard InChI is InChI=1S/C39H43F3N2O8/c1-25-38(37(47)50-4)21-29(19-35(45)43-22-28-11-8-12-30(17-28)39(40,41)42)36(46)44(16-15-26-13-14-32(48-2)33(18-26)49-3)34(38)20-31(52-25)24-51-23-27-9-6-5-7-10-27/h5-14,17-18,20,25,29,31H,15-16,19,21-24H2,1-4H3,(H,43,45)/t25-,29+,31-,38+/m1/s1. The van der Waals surface area contributed by atoms with Gasteiger partial charge in [0.15, 0.2) is 11.5 Å². The minimum atomic E-state index is -4.53. The lowest BCUT2D eigenvalue weighted by atomic mass is 9.66. The summed E-state index contributed by atoms with van der Waals surface area (Å²) in [5.41, 5.74) is 0.196. The van der Waals surface area contributed by atoms with Crippen molar-refractivity contribution in [2.75, 3.05) is 34.5 Å². The summed E-state index contributed by atoms with van der Waals surface area (Å²) >= 11 is 0. The molecule has 0 spiro atoms. The first-order chi connectivity index (χ1) is 24.9. The normalized spacial score (nSPS) is 21.5. The zero-order valence-electron chi connectivity index (χ0n) is 29.5. The van der Waals surface area contributed by atoms with E-state index in [2.05, 4.69) is 5.32 Å². The van der Waals surface area contributed by atoms with E-state index in [1.807, 2.05) is 36.4 Å². The number of nitrogens with zero attached hydrogens (tertiary/aromatic N) is 1. The molecule has 2 aliphatic heterocycles. The fourth-order valence-corrected chi connectivity index (χ4v) is 6.88. The van der Waals surface area contributed by atoms with Crippen LogP contribution in [0.4, 0.5) is 13.2 Å². The van der Waals surface area contributed by atoms with Gasteiger partial charge in [-0.05, 0) is 66.8 Å². The molecule has 52 heavy (non-hydrogen) atoms. The topological polar surface area (TPSA) is 113 Å². The number of methoxy groups -OCH3 is 3. The van der Waals surface area contributed by atoms with Crippen LogP contribution >= 0.6 is 0 Å². The van der Waals surface area contributed by atoms with E-state index in [4.69, 9.17) is 23.7 Å². The lowest BCUT2D eigenvalue weighted by Crippen LogP contribution is -2.60. The fraction of sp³-hybridized carbons (Fsp3) is 0.410. The Kier molecular flexibility index (Phi) is 12.3. The van der Waals surface area contributed by atoms with Crippen molar-refractivity contribution in [2.24, 2.45) is 11.3 Å². The summed E-state index contributed by atoms with van der Waals surface area (Å²) in [7, 11) is 4.32. The summed E-state index contributed by atoms with van der Waals surface area (Å²) < 4.78 is 68.3. The molecule has 1 saturated heterocycles. The zero-order chi connectivity index (χ0) is 37.5. The Balaban J connectivity index is 1.42. The molecule has 2 heterocycles. The van der Waals surface area contributed by atoms with Crippen LogP contribution in [0.25, 0.3) is 0 Å². The summed E-state index contributed by atoms with van der Waals surface area (Å²) in [5.74, 6) is -1.47. The van der Waals surface area contributed by atoms with Crippen LogP contribution in [-0.4, -0.2) is 69.4 Å². The molecule has 0 aliphatic carbocycles. The Hall–Kier alpha value is -4.88. The van der Waals surface area contributed by atoms with Gasteiger partial charge in [0, 0.05) is 31.1 Å². The van der Waals surface area contributed by atoms with Gasteiger partial charge in [-0.3, -0.25) is 14.4 Å². The minimum absolute atomic E-state index is 0.0765. The van der Waals surface area contributed by atoms with Crippen LogP contribution in [-0.2, 0) is 54.3 Å². The molecule has 2 amide bonds. The van der Waals surface area contributed by atoms with E-state index in [0.717, 1.165) is 23.3 Å². The molecule has 3 aromatic rings. The van der Waals surface area contributed by atoms with Crippen molar-refractivity contribution < 1.29 is 51.2 Å². The fourth-order valence-electron chi connectivity index (χ4n) is 6.88. The number of nitrogens with one attached hydrogen (secondary N) is 1. The maximum atomic E-state index is 14.4. The first-order valence-electron chi connectivity index (χ1n) is 16.9. The highest BCUT2D eigenvalue weighted by Gasteiger charge is 2.59. The van der Waals surface area contributed by atoms with Crippen LogP contribution in [0.5, 0.6) is 11.5 Å². The average Bonchev–Trinajstić information content (AvgIpc) is 3.14. The molecule has 5 rings (SSSR count). The molecular weight excluding hydrogens is 681 g/mol. The van der Waals surface area contributed by atoms with Crippen LogP contribution in [0.3, 0.4) is 0 Å². The lowest BCUT2D eigenvalue weighted by Gasteiger charge is -2.51. The number of fused-ring (bicyclic) bond motifs is 1. The van der Waals surface area contributed by atoms with Gasteiger partial charge in [-0.15, -0.1) is 0 Å². The maximum absolute atomic E-state index is 14.4. The Labute approximate surface area is 300 Å². The third-order valence-corrected chi connectivity index (χ3v) is 9.54. The van der Waals surface area contributed by atoms with Crippen LogP contribution in [0.1, 0.15) is 42.0 Å². The number of hydrogen-bond acceptors (Lipinski definition) is 8. The summed E-state index contributed by atoms with van der Waals surface area (Å²) in [6.45, 7) is 2.19. The largest absolute Gasteiger partial charge is 0.493 e. The minimum Gasteiger partial charge on any atom is -0.493 e. The predicted octanol–water partition coefficient (Wildman–Crippen LogP) is 5.87. The Morgan fingerprint density at radius 2 is 1.67 bits per heavy atom. The van der Waals surface area contributed by atoms with Gasteiger partial charge in [-0.1, -0.05) is 48.5 Å². The number of amides is 2. The highest BCUT2D eigenvalue weighted by molar-refractivity contribution is 5.92. The molecule has 0 radical (unpaired) electrons. The van der Waals surface area contributed by atoms with E-state index >= 15 is 0 Å². The van der Waals surface area contributed by atoms with Crippen LogP contribution in [0.2, 0.25) is 0 Å². The first kappa shape index (κ1) is 38.4. The number of piperidine rings is 1. The third kappa shape index (κ3) is 8.59. The van der Waals surface area contributed by atoms with E-state index in [-0.39, 0.29) is 44.0 Å². The second-order valence-corrected chi connectivity index (χ2v) is 12.8. The van der Waals surface area contributed by atoms with Crippen molar-refractivity contribution in [3.8, 4) is 11.5 Å². The zero-order valence-corrected chi connectivity index (χ0v) is 29.5. The summed E-state index contributed by atoms with van der Waals surface area (Å²) in [6.07, 6.45) is -4.21. The number of benzene rings is 3. The molecule has 0 aromatic heterocycles. The summed E-state index contributed by atoms with van der Waals surface area (Å²) in [4.78, 5) is 43.0. The van der Waals surface area contributed by atoms with E-state index in [1.54, 1.807) is 25.1 Å².